The number of rotatable bonds is 4. The molecular weight excluding hydrogens is 460 g/mol. The Morgan fingerprint density at radius 2 is 2.12 bits per heavy atom. The van der Waals surface area contributed by atoms with Gasteiger partial charge in [0.1, 0.15) is 4.21 Å². The van der Waals surface area contributed by atoms with Crippen LogP contribution in [-0.2, 0) is 14.8 Å². The van der Waals surface area contributed by atoms with E-state index in [1.807, 2.05) is 13.0 Å². The Hall–Kier alpha value is -0.930. The van der Waals surface area contributed by atoms with E-state index in [0.29, 0.717) is 30.1 Å². The molecule has 9 heteroatoms. The van der Waals surface area contributed by atoms with Crippen LogP contribution in [0.25, 0.3) is 0 Å². The summed E-state index contributed by atoms with van der Waals surface area (Å²) in [6, 6.07) is 8.61. The summed E-state index contributed by atoms with van der Waals surface area (Å²) in [5.41, 5.74) is 1.57. The number of carbonyl (C=O) groups is 1. The van der Waals surface area contributed by atoms with Crippen molar-refractivity contribution in [1.29, 1.82) is 0 Å². The summed E-state index contributed by atoms with van der Waals surface area (Å²) in [7, 11) is -3.57. The molecule has 1 aliphatic rings. The van der Waals surface area contributed by atoms with Crippen molar-refractivity contribution in [1.82, 2.24) is 4.31 Å². The summed E-state index contributed by atoms with van der Waals surface area (Å²) < 4.78 is 28.0. The maximum atomic E-state index is 12.8. The number of benzene rings is 1. The largest absolute Gasteiger partial charge is 0.326 e. The maximum absolute atomic E-state index is 12.8. The van der Waals surface area contributed by atoms with E-state index in [1.54, 1.807) is 24.3 Å². The Labute approximate surface area is 170 Å². The topological polar surface area (TPSA) is 66.5 Å². The number of carbonyl (C=O) groups excluding carboxylic acids is 1. The molecule has 1 fully saturated rings. The van der Waals surface area contributed by atoms with Crippen molar-refractivity contribution in [3.8, 4) is 0 Å². The maximum Gasteiger partial charge on any atom is 0.252 e. The molecule has 1 unspecified atom stereocenters. The Morgan fingerprint density at radius 3 is 2.81 bits per heavy atom. The van der Waals surface area contributed by atoms with Gasteiger partial charge in [-0.15, -0.1) is 11.3 Å². The lowest BCUT2D eigenvalue weighted by atomic mass is 9.98. The average Bonchev–Trinajstić information content (AvgIpc) is 3.05. The molecule has 26 heavy (non-hydrogen) atoms. The fourth-order valence-corrected chi connectivity index (χ4v) is 6.76. The molecule has 1 aliphatic heterocycles. The lowest BCUT2D eigenvalue weighted by Gasteiger charge is -2.30. The summed E-state index contributed by atoms with van der Waals surface area (Å²) >= 11 is 10.5. The highest BCUT2D eigenvalue weighted by Crippen LogP contribution is 2.31. The van der Waals surface area contributed by atoms with E-state index in [1.165, 1.54) is 15.6 Å². The fraction of sp³-hybridized carbons (Fsp3) is 0.353. The highest BCUT2D eigenvalue weighted by Gasteiger charge is 2.34. The van der Waals surface area contributed by atoms with Gasteiger partial charge in [0.25, 0.3) is 10.0 Å². The second-order valence-electron chi connectivity index (χ2n) is 6.21. The number of thiophene rings is 1. The van der Waals surface area contributed by atoms with Crippen molar-refractivity contribution in [2.24, 2.45) is 5.92 Å². The van der Waals surface area contributed by atoms with Gasteiger partial charge in [0.05, 0.1) is 9.70 Å². The van der Waals surface area contributed by atoms with Gasteiger partial charge in [0.15, 0.2) is 0 Å². The number of amides is 1. The molecule has 3 rings (SSSR count). The van der Waals surface area contributed by atoms with Crippen molar-refractivity contribution < 1.29 is 13.2 Å². The first kappa shape index (κ1) is 19.8. The van der Waals surface area contributed by atoms with E-state index in [2.05, 4.69) is 21.2 Å². The van der Waals surface area contributed by atoms with E-state index >= 15 is 0 Å². The lowest BCUT2D eigenvalue weighted by Crippen LogP contribution is -2.43. The van der Waals surface area contributed by atoms with Gasteiger partial charge < -0.3 is 5.32 Å². The Morgan fingerprint density at radius 1 is 1.35 bits per heavy atom. The summed E-state index contributed by atoms with van der Waals surface area (Å²) in [6.07, 6.45) is 1.31. The van der Waals surface area contributed by atoms with E-state index < -0.39 is 10.0 Å². The molecule has 5 nitrogen and oxygen atoms in total. The molecule has 0 aliphatic carbocycles. The number of nitrogens with one attached hydrogen (secondary N) is 1. The van der Waals surface area contributed by atoms with Gasteiger partial charge in [-0.05, 0) is 65.5 Å². The van der Waals surface area contributed by atoms with E-state index in [0.717, 1.165) is 9.35 Å². The minimum atomic E-state index is -3.57. The molecule has 1 aromatic carbocycles. The predicted molar refractivity (Wildman–Crippen MR) is 108 cm³/mol. The fourth-order valence-electron chi connectivity index (χ4n) is 2.90. The van der Waals surface area contributed by atoms with Gasteiger partial charge >= 0.3 is 0 Å². The number of aryl methyl sites for hydroxylation is 1. The number of sulfonamides is 1. The van der Waals surface area contributed by atoms with Crippen molar-refractivity contribution in [2.45, 2.75) is 24.0 Å². The highest BCUT2D eigenvalue weighted by atomic mass is 79.9. The second-order valence-corrected chi connectivity index (χ2v) is 11.3. The molecule has 140 valence electrons. The molecule has 0 spiro atoms. The number of hydrogen-bond donors (Lipinski definition) is 1. The number of anilines is 1. The zero-order valence-electron chi connectivity index (χ0n) is 14.0. The molecule has 2 heterocycles. The van der Waals surface area contributed by atoms with E-state index in [-0.39, 0.29) is 22.6 Å². The third-order valence-corrected chi connectivity index (χ3v) is 8.55. The number of halogens is 2. The van der Waals surface area contributed by atoms with Gasteiger partial charge in [0, 0.05) is 23.8 Å². The van der Waals surface area contributed by atoms with Crippen LogP contribution in [0.5, 0.6) is 0 Å². The van der Waals surface area contributed by atoms with Crippen LogP contribution in [0, 0.1) is 12.8 Å². The molecule has 2 aromatic rings. The van der Waals surface area contributed by atoms with Gasteiger partial charge in [-0.3, -0.25) is 4.79 Å². The van der Waals surface area contributed by atoms with Crippen molar-refractivity contribution >= 4 is 60.5 Å². The number of nitrogens with zero attached hydrogens (tertiary/aromatic N) is 1. The lowest BCUT2D eigenvalue weighted by molar-refractivity contribution is -0.120. The normalized spacial score (nSPS) is 18.7. The molecule has 1 N–H and O–H groups in total. The zero-order chi connectivity index (χ0) is 18.9. The molecule has 0 bridgehead atoms. The Balaban J connectivity index is 1.74. The van der Waals surface area contributed by atoms with Crippen LogP contribution >= 0.6 is 38.9 Å². The first-order valence-electron chi connectivity index (χ1n) is 8.10. The quantitative estimate of drug-likeness (QED) is 0.704. The first-order valence-corrected chi connectivity index (χ1v) is 11.5. The monoisotopic (exact) mass is 476 g/mol. The van der Waals surface area contributed by atoms with E-state index in [4.69, 9.17) is 11.6 Å². The first-order chi connectivity index (χ1) is 12.3. The van der Waals surface area contributed by atoms with Crippen LogP contribution in [0.2, 0.25) is 5.02 Å². The zero-order valence-corrected chi connectivity index (χ0v) is 18.0. The molecular formula is C17H18BrClN2O3S2. The number of hydrogen-bond acceptors (Lipinski definition) is 4. The van der Waals surface area contributed by atoms with Crippen LogP contribution in [0.4, 0.5) is 5.69 Å². The van der Waals surface area contributed by atoms with Gasteiger partial charge in [-0.1, -0.05) is 17.7 Å². The SMILES string of the molecule is Cc1ccc(Cl)cc1NC(=O)C1CCCN(S(=O)(=O)c2ccc(Br)s2)C1. The highest BCUT2D eigenvalue weighted by molar-refractivity contribution is 9.11. The van der Waals surface area contributed by atoms with Gasteiger partial charge in [-0.25, -0.2) is 8.42 Å². The third kappa shape index (κ3) is 4.31. The Bertz CT molecular complexity index is 930. The standard InChI is InChI=1S/C17H18BrClN2O3S2/c1-11-4-5-13(19)9-14(11)20-17(22)12-3-2-8-21(10-12)26(23,24)16-7-6-15(18)25-16/h4-7,9,12H,2-3,8,10H2,1H3,(H,20,22). The molecule has 0 radical (unpaired) electrons. The smallest absolute Gasteiger partial charge is 0.252 e. The molecule has 1 amide bonds. The van der Waals surface area contributed by atoms with Crippen molar-refractivity contribution in [3.63, 3.8) is 0 Å². The van der Waals surface area contributed by atoms with Gasteiger partial charge in [-0.2, -0.15) is 4.31 Å². The van der Waals surface area contributed by atoms with Crippen molar-refractivity contribution in [2.75, 3.05) is 18.4 Å². The summed E-state index contributed by atoms with van der Waals surface area (Å²) in [4.78, 5) is 12.7. The summed E-state index contributed by atoms with van der Waals surface area (Å²) in [5, 5.41) is 3.43. The third-order valence-electron chi connectivity index (χ3n) is 4.36. The van der Waals surface area contributed by atoms with Crippen LogP contribution < -0.4 is 5.32 Å². The number of piperidine rings is 1. The Kier molecular flexibility index (Phi) is 6.08. The summed E-state index contributed by atoms with van der Waals surface area (Å²) in [6.45, 7) is 2.50. The molecule has 1 aromatic heterocycles. The van der Waals surface area contributed by atoms with Gasteiger partial charge in [0.2, 0.25) is 5.91 Å². The van der Waals surface area contributed by atoms with Crippen LogP contribution in [0.15, 0.2) is 38.3 Å². The minimum Gasteiger partial charge on any atom is -0.326 e. The van der Waals surface area contributed by atoms with Crippen molar-refractivity contribution in [3.05, 3.63) is 44.7 Å². The van der Waals surface area contributed by atoms with Crippen LogP contribution in [-0.4, -0.2) is 31.7 Å². The summed E-state index contributed by atoms with van der Waals surface area (Å²) in [5.74, 6) is -0.567. The molecule has 1 atom stereocenters. The molecule has 0 saturated carbocycles. The minimum absolute atomic E-state index is 0.178. The van der Waals surface area contributed by atoms with Crippen LogP contribution in [0.1, 0.15) is 18.4 Å². The van der Waals surface area contributed by atoms with Crippen LogP contribution in [0.3, 0.4) is 0 Å². The second kappa shape index (κ2) is 7.98. The predicted octanol–water partition coefficient (Wildman–Crippen LogP) is 4.51. The average molecular weight is 478 g/mol. The molecule has 1 saturated heterocycles. The van der Waals surface area contributed by atoms with E-state index in [9.17, 15) is 13.2 Å².